The van der Waals surface area contributed by atoms with Gasteiger partial charge in [-0.15, -0.1) is 0 Å². The predicted octanol–water partition coefficient (Wildman–Crippen LogP) is 4.24. The SMILES string of the molecule is CCCc1cc(CO)cc(Oc2cc(C)cc(C)c2C)n1. The zero-order valence-corrected chi connectivity index (χ0v) is 13.2. The van der Waals surface area contributed by atoms with E-state index in [1.165, 1.54) is 11.1 Å². The van der Waals surface area contributed by atoms with Crippen molar-refractivity contribution in [3.8, 4) is 11.6 Å². The van der Waals surface area contributed by atoms with Gasteiger partial charge in [-0.2, -0.15) is 0 Å². The Morgan fingerprint density at radius 2 is 1.86 bits per heavy atom. The van der Waals surface area contributed by atoms with Gasteiger partial charge in [-0.1, -0.05) is 19.4 Å². The lowest BCUT2D eigenvalue weighted by Gasteiger charge is -2.13. The summed E-state index contributed by atoms with van der Waals surface area (Å²) in [5.41, 5.74) is 5.29. The number of aromatic nitrogens is 1. The van der Waals surface area contributed by atoms with E-state index in [1.54, 1.807) is 6.07 Å². The van der Waals surface area contributed by atoms with Crippen LogP contribution in [0.15, 0.2) is 24.3 Å². The number of ether oxygens (including phenoxy) is 1. The van der Waals surface area contributed by atoms with Crippen molar-refractivity contribution in [2.24, 2.45) is 0 Å². The molecule has 21 heavy (non-hydrogen) atoms. The van der Waals surface area contributed by atoms with Crippen LogP contribution in [0.5, 0.6) is 11.6 Å². The van der Waals surface area contributed by atoms with Gasteiger partial charge in [0.05, 0.1) is 6.61 Å². The summed E-state index contributed by atoms with van der Waals surface area (Å²) in [5.74, 6) is 1.38. The number of hydrogen-bond acceptors (Lipinski definition) is 3. The van der Waals surface area contributed by atoms with Gasteiger partial charge in [-0.3, -0.25) is 0 Å². The Labute approximate surface area is 126 Å². The van der Waals surface area contributed by atoms with Crippen molar-refractivity contribution in [1.82, 2.24) is 4.98 Å². The third kappa shape index (κ3) is 3.82. The molecule has 0 unspecified atom stereocenters. The van der Waals surface area contributed by atoms with Gasteiger partial charge in [0, 0.05) is 11.8 Å². The van der Waals surface area contributed by atoms with E-state index in [9.17, 15) is 5.11 Å². The Kier molecular flexibility index (Phi) is 4.97. The standard InChI is InChI=1S/C18H23NO2/c1-5-6-16-9-15(11-20)10-18(19-16)21-17-8-12(2)7-13(3)14(17)4/h7-10,20H,5-6,11H2,1-4H3. The summed E-state index contributed by atoms with van der Waals surface area (Å²) >= 11 is 0. The molecule has 1 N–H and O–H groups in total. The molecule has 3 heteroatoms. The first-order valence-electron chi connectivity index (χ1n) is 7.40. The molecular formula is C18H23NO2. The summed E-state index contributed by atoms with van der Waals surface area (Å²) in [5, 5.41) is 9.38. The van der Waals surface area contributed by atoms with Gasteiger partial charge in [0.1, 0.15) is 5.75 Å². The van der Waals surface area contributed by atoms with E-state index in [1.807, 2.05) is 19.1 Å². The Hall–Kier alpha value is -1.87. The fraction of sp³-hybridized carbons (Fsp3) is 0.389. The number of rotatable bonds is 5. The maximum Gasteiger partial charge on any atom is 0.219 e. The third-order valence-corrected chi connectivity index (χ3v) is 3.58. The quantitative estimate of drug-likeness (QED) is 0.893. The second kappa shape index (κ2) is 6.72. The first-order valence-corrected chi connectivity index (χ1v) is 7.40. The summed E-state index contributed by atoms with van der Waals surface area (Å²) in [6, 6.07) is 7.90. The lowest BCUT2D eigenvalue weighted by Crippen LogP contribution is -1.98. The number of aryl methyl sites for hydroxylation is 3. The summed E-state index contributed by atoms with van der Waals surface area (Å²) < 4.78 is 5.98. The van der Waals surface area contributed by atoms with Crippen LogP contribution in [-0.2, 0) is 13.0 Å². The van der Waals surface area contributed by atoms with Crippen LogP contribution in [0.25, 0.3) is 0 Å². The number of benzene rings is 1. The Bertz CT molecular complexity index is 635. The van der Waals surface area contributed by atoms with Crippen molar-refractivity contribution in [2.45, 2.75) is 47.1 Å². The second-order valence-corrected chi connectivity index (χ2v) is 5.52. The van der Waals surface area contributed by atoms with Gasteiger partial charge in [0.15, 0.2) is 0 Å². The molecule has 0 bridgehead atoms. The van der Waals surface area contributed by atoms with E-state index < -0.39 is 0 Å². The van der Waals surface area contributed by atoms with Crippen LogP contribution in [0.3, 0.4) is 0 Å². The average Bonchev–Trinajstić information content (AvgIpc) is 2.44. The lowest BCUT2D eigenvalue weighted by molar-refractivity contribution is 0.280. The normalized spacial score (nSPS) is 10.7. The molecule has 0 fully saturated rings. The summed E-state index contributed by atoms with van der Waals surface area (Å²) in [6.07, 6.45) is 1.90. The highest BCUT2D eigenvalue weighted by Crippen LogP contribution is 2.28. The highest BCUT2D eigenvalue weighted by molar-refractivity contribution is 5.44. The summed E-state index contributed by atoms with van der Waals surface area (Å²) in [6.45, 7) is 8.30. The second-order valence-electron chi connectivity index (χ2n) is 5.52. The highest BCUT2D eigenvalue weighted by Gasteiger charge is 2.08. The van der Waals surface area contributed by atoms with E-state index in [-0.39, 0.29) is 6.61 Å². The molecule has 0 aliphatic carbocycles. The maximum absolute atomic E-state index is 9.38. The molecule has 0 spiro atoms. The Morgan fingerprint density at radius 1 is 1.10 bits per heavy atom. The van der Waals surface area contributed by atoms with E-state index in [0.29, 0.717) is 5.88 Å². The molecule has 3 nitrogen and oxygen atoms in total. The van der Waals surface area contributed by atoms with Gasteiger partial charge < -0.3 is 9.84 Å². The zero-order valence-electron chi connectivity index (χ0n) is 13.2. The van der Waals surface area contributed by atoms with Crippen molar-refractivity contribution in [3.05, 3.63) is 52.2 Å². The Balaban J connectivity index is 2.37. The van der Waals surface area contributed by atoms with Gasteiger partial charge in [0.25, 0.3) is 0 Å². The molecule has 2 rings (SSSR count). The molecule has 1 heterocycles. The Morgan fingerprint density at radius 3 is 2.52 bits per heavy atom. The largest absolute Gasteiger partial charge is 0.439 e. The van der Waals surface area contributed by atoms with Crippen LogP contribution in [0, 0.1) is 20.8 Å². The van der Waals surface area contributed by atoms with Crippen molar-refractivity contribution < 1.29 is 9.84 Å². The smallest absolute Gasteiger partial charge is 0.219 e. The third-order valence-electron chi connectivity index (χ3n) is 3.58. The van der Waals surface area contributed by atoms with Gasteiger partial charge in [-0.25, -0.2) is 4.98 Å². The van der Waals surface area contributed by atoms with Crippen molar-refractivity contribution >= 4 is 0 Å². The highest BCUT2D eigenvalue weighted by atomic mass is 16.5. The molecule has 0 saturated carbocycles. The van der Waals surface area contributed by atoms with Crippen LogP contribution < -0.4 is 4.74 Å². The molecule has 0 radical (unpaired) electrons. The molecule has 0 aliphatic rings. The van der Waals surface area contributed by atoms with Crippen molar-refractivity contribution in [2.75, 3.05) is 0 Å². The molecule has 0 saturated heterocycles. The minimum absolute atomic E-state index is 0.00141. The van der Waals surface area contributed by atoms with Crippen LogP contribution in [0.4, 0.5) is 0 Å². The average molecular weight is 285 g/mol. The topological polar surface area (TPSA) is 42.4 Å². The molecule has 0 amide bonds. The first-order chi connectivity index (χ1) is 10.0. The van der Waals surface area contributed by atoms with Crippen LogP contribution in [0.1, 0.15) is 41.3 Å². The van der Waals surface area contributed by atoms with Gasteiger partial charge in [0.2, 0.25) is 5.88 Å². The van der Waals surface area contributed by atoms with Crippen LogP contribution in [-0.4, -0.2) is 10.1 Å². The maximum atomic E-state index is 9.38. The number of aliphatic hydroxyl groups excluding tert-OH is 1. The predicted molar refractivity (Wildman–Crippen MR) is 84.9 cm³/mol. The molecule has 0 aliphatic heterocycles. The molecule has 0 atom stereocenters. The minimum Gasteiger partial charge on any atom is -0.439 e. The number of nitrogens with zero attached hydrogens (tertiary/aromatic N) is 1. The fourth-order valence-electron chi connectivity index (χ4n) is 2.37. The summed E-state index contributed by atoms with van der Waals surface area (Å²) in [7, 11) is 0. The van der Waals surface area contributed by atoms with Crippen LogP contribution in [0.2, 0.25) is 0 Å². The van der Waals surface area contributed by atoms with Crippen molar-refractivity contribution in [3.63, 3.8) is 0 Å². The zero-order chi connectivity index (χ0) is 15.4. The number of aliphatic hydroxyl groups is 1. The molecule has 112 valence electrons. The van der Waals surface area contributed by atoms with E-state index in [4.69, 9.17) is 4.74 Å². The van der Waals surface area contributed by atoms with Gasteiger partial charge >= 0.3 is 0 Å². The van der Waals surface area contributed by atoms with Crippen LogP contribution >= 0.6 is 0 Å². The molecule has 2 aromatic rings. The monoisotopic (exact) mass is 285 g/mol. The molecule has 1 aromatic carbocycles. The first kappa shape index (κ1) is 15.5. The fourth-order valence-corrected chi connectivity index (χ4v) is 2.37. The van der Waals surface area contributed by atoms with E-state index in [2.05, 4.69) is 31.8 Å². The van der Waals surface area contributed by atoms with E-state index in [0.717, 1.165) is 35.4 Å². The number of hydrogen-bond donors (Lipinski definition) is 1. The van der Waals surface area contributed by atoms with Crippen molar-refractivity contribution in [1.29, 1.82) is 0 Å². The molecule has 1 aromatic heterocycles. The number of pyridine rings is 1. The lowest BCUT2D eigenvalue weighted by atomic mass is 10.1. The minimum atomic E-state index is 0.00141. The summed E-state index contributed by atoms with van der Waals surface area (Å²) in [4.78, 5) is 4.53. The van der Waals surface area contributed by atoms with E-state index >= 15 is 0 Å². The molecular weight excluding hydrogens is 262 g/mol. The van der Waals surface area contributed by atoms with Gasteiger partial charge in [-0.05, 0) is 61.6 Å².